The molecule has 0 saturated heterocycles. The van der Waals surface area contributed by atoms with E-state index in [0.717, 1.165) is 0 Å². The predicted molar refractivity (Wildman–Crippen MR) is 123 cm³/mol. The van der Waals surface area contributed by atoms with Gasteiger partial charge in [-0.05, 0) is 42.3 Å². The van der Waals surface area contributed by atoms with Crippen molar-refractivity contribution in [1.29, 1.82) is 0 Å². The molecule has 1 atom stereocenters. The van der Waals surface area contributed by atoms with Crippen molar-refractivity contribution in [3.63, 3.8) is 0 Å². The lowest BCUT2D eigenvalue weighted by molar-refractivity contribution is -0.113. The van der Waals surface area contributed by atoms with Crippen molar-refractivity contribution in [2.24, 2.45) is 13.0 Å². The number of hydrogen-bond donors (Lipinski definition) is 2. The Morgan fingerprint density at radius 2 is 1.81 bits per heavy atom. The SMILES string of the molecule is CC(C)[C@H](NC(=O)c1ccccc1Cl)c1nnc(SCC(=O)Nc2ccc(F)cc2)n1C. The molecule has 0 aliphatic rings. The van der Waals surface area contributed by atoms with Gasteiger partial charge in [0.15, 0.2) is 11.0 Å². The molecule has 3 rings (SSSR count). The Hall–Kier alpha value is -2.91. The zero-order valence-corrected chi connectivity index (χ0v) is 19.4. The largest absolute Gasteiger partial charge is 0.342 e. The summed E-state index contributed by atoms with van der Waals surface area (Å²) in [6, 6.07) is 12.0. The highest BCUT2D eigenvalue weighted by Crippen LogP contribution is 2.25. The number of carbonyl (C=O) groups excluding carboxylic acids is 2. The van der Waals surface area contributed by atoms with Crippen LogP contribution in [-0.4, -0.2) is 32.3 Å². The molecule has 0 bridgehead atoms. The Labute approximate surface area is 194 Å². The first-order valence-corrected chi connectivity index (χ1v) is 11.3. The van der Waals surface area contributed by atoms with Gasteiger partial charge in [-0.1, -0.05) is 49.3 Å². The third-order valence-corrected chi connectivity index (χ3v) is 6.03. The molecule has 0 aliphatic carbocycles. The second-order valence-corrected chi connectivity index (χ2v) is 8.77. The normalized spacial score (nSPS) is 11.9. The Balaban J connectivity index is 1.67. The minimum atomic E-state index is -0.404. The first-order chi connectivity index (χ1) is 15.3. The number of nitrogens with one attached hydrogen (secondary N) is 2. The van der Waals surface area contributed by atoms with E-state index < -0.39 is 6.04 Å². The molecular weight excluding hydrogens is 453 g/mol. The van der Waals surface area contributed by atoms with Crippen LogP contribution >= 0.6 is 23.4 Å². The molecule has 1 aromatic heterocycles. The summed E-state index contributed by atoms with van der Waals surface area (Å²) < 4.78 is 14.7. The maximum absolute atomic E-state index is 13.0. The van der Waals surface area contributed by atoms with Crippen LogP contribution in [0.2, 0.25) is 5.02 Å². The van der Waals surface area contributed by atoms with Gasteiger partial charge in [0, 0.05) is 12.7 Å². The number of rotatable bonds is 8. The number of carbonyl (C=O) groups is 2. The monoisotopic (exact) mass is 475 g/mol. The molecule has 10 heteroatoms. The standard InChI is InChI=1S/C22H23ClFN5O2S/c1-13(2)19(26-21(31)16-6-4-5-7-17(16)23)20-27-28-22(29(20)3)32-12-18(30)25-15-10-8-14(24)9-11-15/h4-11,13,19H,12H2,1-3H3,(H,25,30)(H,26,31)/t19-/m0/s1. The maximum Gasteiger partial charge on any atom is 0.253 e. The van der Waals surface area contributed by atoms with Crippen molar-refractivity contribution in [2.75, 3.05) is 11.1 Å². The molecule has 168 valence electrons. The highest BCUT2D eigenvalue weighted by Gasteiger charge is 2.26. The molecule has 3 aromatic rings. The average Bonchev–Trinajstić information content (AvgIpc) is 3.12. The molecule has 0 fully saturated rings. The van der Waals surface area contributed by atoms with Gasteiger partial charge in [-0.3, -0.25) is 9.59 Å². The van der Waals surface area contributed by atoms with Gasteiger partial charge in [-0.2, -0.15) is 0 Å². The first kappa shape index (κ1) is 23.7. The van der Waals surface area contributed by atoms with Gasteiger partial charge < -0.3 is 15.2 Å². The lowest BCUT2D eigenvalue weighted by atomic mass is 10.0. The van der Waals surface area contributed by atoms with E-state index in [9.17, 15) is 14.0 Å². The Morgan fingerprint density at radius 3 is 2.47 bits per heavy atom. The van der Waals surface area contributed by atoms with Crippen molar-refractivity contribution < 1.29 is 14.0 Å². The summed E-state index contributed by atoms with van der Waals surface area (Å²) in [6.45, 7) is 3.93. The highest BCUT2D eigenvalue weighted by molar-refractivity contribution is 7.99. The number of halogens is 2. The fourth-order valence-electron chi connectivity index (χ4n) is 2.98. The van der Waals surface area contributed by atoms with E-state index in [-0.39, 0.29) is 29.3 Å². The van der Waals surface area contributed by atoms with Gasteiger partial charge in [-0.25, -0.2) is 4.39 Å². The Kier molecular flexibility index (Phi) is 7.87. The summed E-state index contributed by atoms with van der Waals surface area (Å²) in [7, 11) is 1.78. The molecular formula is C22H23ClFN5O2S. The smallest absolute Gasteiger partial charge is 0.253 e. The average molecular weight is 476 g/mol. The molecule has 2 aromatic carbocycles. The Morgan fingerprint density at radius 1 is 1.12 bits per heavy atom. The maximum atomic E-state index is 13.0. The van der Waals surface area contributed by atoms with Crippen LogP contribution in [0.25, 0.3) is 0 Å². The van der Waals surface area contributed by atoms with Crippen molar-refractivity contribution in [3.8, 4) is 0 Å². The molecule has 0 unspecified atom stereocenters. The van der Waals surface area contributed by atoms with Crippen molar-refractivity contribution in [1.82, 2.24) is 20.1 Å². The molecule has 0 aliphatic heterocycles. The van der Waals surface area contributed by atoms with Gasteiger partial charge in [0.1, 0.15) is 5.82 Å². The van der Waals surface area contributed by atoms with Gasteiger partial charge in [0.2, 0.25) is 5.91 Å². The quantitative estimate of drug-likeness (QED) is 0.469. The van der Waals surface area contributed by atoms with Gasteiger partial charge in [0.05, 0.1) is 22.4 Å². The first-order valence-electron chi connectivity index (χ1n) is 9.89. The van der Waals surface area contributed by atoms with E-state index in [1.807, 2.05) is 13.8 Å². The number of nitrogens with zero attached hydrogens (tertiary/aromatic N) is 3. The summed E-state index contributed by atoms with van der Waals surface area (Å²) in [5.41, 5.74) is 0.895. The molecule has 2 N–H and O–H groups in total. The molecule has 1 heterocycles. The zero-order chi connectivity index (χ0) is 23.3. The minimum Gasteiger partial charge on any atom is -0.342 e. The molecule has 0 radical (unpaired) electrons. The summed E-state index contributed by atoms with van der Waals surface area (Å²) in [4.78, 5) is 25.0. The highest BCUT2D eigenvalue weighted by atomic mass is 35.5. The number of anilines is 1. The van der Waals surface area contributed by atoms with Crippen LogP contribution in [0.3, 0.4) is 0 Å². The number of amides is 2. The molecule has 2 amide bonds. The van der Waals surface area contributed by atoms with Crippen molar-refractivity contribution >= 4 is 40.9 Å². The van der Waals surface area contributed by atoms with Crippen LogP contribution in [-0.2, 0) is 11.8 Å². The van der Waals surface area contributed by atoms with Crippen LogP contribution in [0.1, 0.15) is 36.1 Å². The van der Waals surface area contributed by atoms with Crippen molar-refractivity contribution in [2.45, 2.75) is 25.0 Å². The molecule has 0 saturated carbocycles. The van der Waals surface area contributed by atoms with Crippen LogP contribution in [0.5, 0.6) is 0 Å². The second kappa shape index (κ2) is 10.6. The summed E-state index contributed by atoms with van der Waals surface area (Å²) in [5.74, 6) is -0.221. The van der Waals surface area contributed by atoms with Gasteiger partial charge in [-0.15, -0.1) is 10.2 Å². The number of aromatic nitrogens is 3. The van der Waals surface area contributed by atoms with E-state index in [1.165, 1.54) is 36.0 Å². The topological polar surface area (TPSA) is 88.9 Å². The number of hydrogen-bond acceptors (Lipinski definition) is 5. The summed E-state index contributed by atoms with van der Waals surface area (Å²) in [6.07, 6.45) is 0. The Bertz CT molecular complexity index is 1100. The van der Waals surface area contributed by atoms with E-state index in [1.54, 1.807) is 35.9 Å². The molecule has 7 nitrogen and oxygen atoms in total. The second-order valence-electron chi connectivity index (χ2n) is 7.42. The van der Waals surface area contributed by atoms with E-state index >= 15 is 0 Å². The fraction of sp³-hybridized carbons (Fsp3) is 0.273. The van der Waals surface area contributed by atoms with Crippen LogP contribution in [0.15, 0.2) is 53.7 Å². The lowest BCUT2D eigenvalue weighted by Crippen LogP contribution is -2.33. The van der Waals surface area contributed by atoms with Crippen LogP contribution in [0, 0.1) is 11.7 Å². The number of thioether (sulfide) groups is 1. The van der Waals surface area contributed by atoms with Crippen LogP contribution < -0.4 is 10.6 Å². The summed E-state index contributed by atoms with van der Waals surface area (Å²) >= 11 is 7.36. The summed E-state index contributed by atoms with van der Waals surface area (Å²) in [5, 5.41) is 15.0. The minimum absolute atomic E-state index is 0.0314. The van der Waals surface area contributed by atoms with Crippen molar-refractivity contribution in [3.05, 3.63) is 70.8 Å². The molecule has 32 heavy (non-hydrogen) atoms. The van der Waals surface area contributed by atoms with E-state index in [4.69, 9.17) is 11.6 Å². The van der Waals surface area contributed by atoms with Gasteiger partial charge >= 0.3 is 0 Å². The third-order valence-electron chi connectivity index (χ3n) is 4.68. The predicted octanol–water partition coefficient (Wildman–Crippen LogP) is 4.47. The molecule has 0 spiro atoms. The van der Waals surface area contributed by atoms with Gasteiger partial charge in [0.25, 0.3) is 5.91 Å². The fourth-order valence-corrected chi connectivity index (χ4v) is 3.92. The lowest BCUT2D eigenvalue weighted by Gasteiger charge is -2.22. The van der Waals surface area contributed by atoms with E-state index in [2.05, 4.69) is 20.8 Å². The third kappa shape index (κ3) is 5.86. The van der Waals surface area contributed by atoms with Crippen LogP contribution in [0.4, 0.5) is 10.1 Å². The zero-order valence-electron chi connectivity index (χ0n) is 17.8. The van der Waals surface area contributed by atoms with E-state index in [0.29, 0.717) is 27.3 Å². The number of benzene rings is 2.